The van der Waals surface area contributed by atoms with E-state index >= 15 is 0 Å². The van der Waals surface area contributed by atoms with Gasteiger partial charge in [-0.2, -0.15) is 0 Å². The molecule has 2 heterocycles. The molecular formula is C17H24N3O3+. The maximum atomic E-state index is 12.0. The fourth-order valence-electron chi connectivity index (χ4n) is 3.45. The molecule has 0 spiro atoms. The van der Waals surface area contributed by atoms with Crippen LogP contribution < -0.4 is 15.0 Å². The Morgan fingerprint density at radius 2 is 2.09 bits per heavy atom. The molecule has 1 aromatic rings. The molecule has 6 heteroatoms. The number of ether oxygens (including phenoxy) is 1. The number of benzene rings is 1. The molecule has 2 saturated heterocycles. The van der Waals surface area contributed by atoms with Gasteiger partial charge in [-0.15, -0.1) is 0 Å². The van der Waals surface area contributed by atoms with E-state index in [1.165, 1.54) is 15.4 Å². The number of amides is 3. The third-order valence-corrected chi connectivity index (χ3v) is 4.60. The number of urea groups is 1. The first-order valence-electron chi connectivity index (χ1n) is 8.34. The number of likely N-dealkylation sites (tertiary alicyclic amines) is 1. The first-order chi connectivity index (χ1) is 11.2. The van der Waals surface area contributed by atoms with Gasteiger partial charge in [0.05, 0.1) is 13.2 Å². The number of carbonyl (C=O) groups is 2. The Morgan fingerprint density at radius 1 is 1.30 bits per heavy atom. The Bertz CT molecular complexity index is 557. The number of carbonyl (C=O) groups excluding carboxylic acids is 2. The van der Waals surface area contributed by atoms with Crippen molar-refractivity contribution in [3.63, 3.8) is 0 Å². The van der Waals surface area contributed by atoms with Gasteiger partial charge >= 0.3 is 6.03 Å². The van der Waals surface area contributed by atoms with Crippen LogP contribution in [0.1, 0.15) is 37.8 Å². The summed E-state index contributed by atoms with van der Waals surface area (Å²) < 4.78 is 5.49. The van der Waals surface area contributed by atoms with Gasteiger partial charge < -0.3 is 15.0 Å². The molecular weight excluding hydrogens is 294 g/mol. The number of nitrogens with zero attached hydrogens (tertiary/aromatic N) is 1. The van der Waals surface area contributed by atoms with Crippen LogP contribution in [0, 0.1) is 0 Å². The van der Waals surface area contributed by atoms with E-state index in [4.69, 9.17) is 4.74 Å². The van der Waals surface area contributed by atoms with Gasteiger partial charge in [-0.1, -0.05) is 0 Å². The van der Waals surface area contributed by atoms with Crippen molar-refractivity contribution in [1.29, 1.82) is 0 Å². The first kappa shape index (κ1) is 15.8. The molecule has 0 aliphatic carbocycles. The SMILES string of the molecule is CCOc1ccc([C@H]2CCC[NH+]2CN2C(=O)CCNC2=O)cc1. The summed E-state index contributed by atoms with van der Waals surface area (Å²) in [6.45, 7) is 4.51. The van der Waals surface area contributed by atoms with Gasteiger partial charge in [0, 0.05) is 31.4 Å². The average Bonchev–Trinajstić information content (AvgIpc) is 3.00. The first-order valence-corrected chi connectivity index (χ1v) is 8.34. The van der Waals surface area contributed by atoms with Crippen molar-refractivity contribution < 1.29 is 19.2 Å². The standard InChI is InChI=1S/C17H23N3O3/c1-2-23-14-7-5-13(6-8-14)15-4-3-11-19(15)12-20-16(21)9-10-18-17(20)22/h5-8,15H,2-4,9-12H2,1H3,(H,18,22)/p+1/t15-/m1/s1. The minimum Gasteiger partial charge on any atom is -0.494 e. The van der Waals surface area contributed by atoms with Gasteiger partial charge in [-0.3, -0.25) is 4.79 Å². The number of quaternary nitrogens is 1. The van der Waals surface area contributed by atoms with Gasteiger partial charge in [0.2, 0.25) is 5.91 Å². The summed E-state index contributed by atoms with van der Waals surface area (Å²) in [6.07, 6.45) is 2.58. The van der Waals surface area contributed by atoms with Crippen molar-refractivity contribution >= 4 is 11.9 Å². The Hall–Kier alpha value is -2.08. The summed E-state index contributed by atoms with van der Waals surface area (Å²) >= 11 is 0. The van der Waals surface area contributed by atoms with Crippen LogP contribution in [0.5, 0.6) is 5.75 Å². The quantitative estimate of drug-likeness (QED) is 0.840. The maximum absolute atomic E-state index is 12.0. The number of nitrogens with one attached hydrogen (secondary N) is 2. The lowest BCUT2D eigenvalue weighted by Crippen LogP contribution is -3.12. The maximum Gasteiger partial charge on any atom is 0.328 e. The summed E-state index contributed by atoms with van der Waals surface area (Å²) in [7, 11) is 0. The summed E-state index contributed by atoms with van der Waals surface area (Å²) in [4.78, 5) is 26.5. The van der Waals surface area contributed by atoms with E-state index in [0.29, 0.717) is 32.3 Å². The van der Waals surface area contributed by atoms with Crippen LogP contribution in [-0.4, -0.2) is 43.2 Å². The fourth-order valence-corrected chi connectivity index (χ4v) is 3.45. The molecule has 2 atom stereocenters. The van der Waals surface area contributed by atoms with Crippen LogP contribution >= 0.6 is 0 Å². The minimum absolute atomic E-state index is 0.0707. The number of rotatable bonds is 5. The lowest BCUT2D eigenvalue weighted by molar-refractivity contribution is -0.925. The molecule has 0 radical (unpaired) electrons. The van der Waals surface area contributed by atoms with Crippen LogP contribution in [0.25, 0.3) is 0 Å². The molecule has 2 aliphatic rings. The second-order valence-corrected chi connectivity index (χ2v) is 6.07. The molecule has 3 amide bonds. The van der Waals surface area contributed by atoms with Gasteiger partial charge in [-0.05, 0) is 31.2 Å². The van der Waals surface area contributed by atoms with E-state index in [2.05, 4.69) is 17.4 Å². The van der Waals surface area contributed by atoms with Crippen molar-refractivity contribution in [2.24, 2.45) is 0 Å². The summed E-state index contributed by atoms with van der Waals surface area (Å²) in [5.41, 5.74) is 1.24. The zero-order chi connectivity index (χ0) is 16.2. The molecule has 3 rings (SSSR count). The Morgan fingerprint density at radius 3 is 2.78 bits per heavy atom. The van der Waals surface area contributed by atoms with Crippen LogP contribution in [0.15, 0.2) is 24.3 Å². The summed E-state index contributed by atoms with van der Waals surface area (Å²) in [5, 5.41) is 2.75. The van der Waals surface area contributed by atoms with E-state index in [1.807, 2.05) is 19.1 Å². The monoisotopic (exact) mass is 318 g/mol. The smallest absolute Gasteiger partial charge is 0.328 e. The molecule has 1 aromatic carbocycles. The molecule has 2 N–H and O–H groups in total. The fraction of sp³-hybridized carbons (Fsp3) is 0.529. The van der Waals surface area contributed by atoms with Gasteiger partial charge in [0.25, 0.3) is 0 Å². The molecule has 23 heavy (non-hydrogen) atoms. The number of hydrogen-bond donors (Lipinski definition) is 2. The second-order valence-electron chi connectivity index (χ2n) is 6.07. The van der Waals surface area contributed by atoms with Gasteiger partial charge in [0.15, 0.2) is 6.67 Å². The van der Waals surface area contributed by atoms with Crippen molar-refractivity contribution in [2.75, 3.05) is 26.4 Å². The molecule has 1 unspecified atom stereocenters. The van der Waals surface area contributed by atoms with Crippen molar-refractivity contribution in [3.8, 4) is 5.75 Å². The minimum atomic E-state index is -0.258. The zero-order valence-electron chi connectivity index (χ0n) is 13.5. The largest absolute Gasteiger partial charge is 0.494 e. The molecule has 2 fully saturated rings. The lowest BCUT2D eigenvalue weighted by Gasteiger charge is -2.30. The Kier molecular flexibility index (Phi) is 4.81. The lowest BCUT2D eigenvalue weighted by atomic mass is 10.0. The predicted octanol–water partition coefficient (Wildman–Crippen LogP) is 0.705. The van der Waals surface area contributed by atoms with E-state index < -0.39 is 0 Å². The zero-order valence-corrected chi connectivity index (χ0v) is 13.5. The van der Waals surface area contributed by atoms with Crippen LogP contribution in [0.3, 0.4) is 0 Å². The molecule has 124 valence electrons. The molecule has 0 aromatic heterocycles. The van der Waals surface area contributed by atoms with Crippen molar-refractivity contribution in [3.05, 3.63) is 29.8 Å². The van der Waals surface area contributed by atoms with Gasteiger partial charge in [-0.25, -0.2) is 9.69 Å². The van der Waals surface area contributed by atoms with E-state index in [0.717, 1.165) is 25.1 Å². The molecule has 0 bridgehead atoms. The Balaban J connectivity index is 1.69. The average molecular weight is 318 g/mol. The third kappa shape index (κ3) is 3.47. The van der Waals surface area contributed by atoms with Crippen molar-refractivity contribution in [1.82, 2.24) is 10.2 Å². The van der Waals surface area contributed by atoms with Crippen LogP contribution in [0.4, 0.5) is 4.79 Å². The van der Waals surface area contributed by atoms with E-state index in [-0.39, 0.29) is 11.9 Å². The summed E-state index contributed by atoms with van der Waals surface area (Å²) in [5.74, 6) is 0.806. The van der Waals surface area contributed by atoms with E-state index in [1.54, 1.807) is 0 Å². The van der Waals surface area contributed by atoms with Crippen molar-refractivity contribution in [2.45, 2.75) is 32.2 Å². The predicted molar refractivity (Wildman–Crippen MR) is 85.1 cm³/mol. The normalized spacial score (nSPS) is 24.7. The number of imide groups is 1. The highest BCUT2D eigenvalue weighted by molar-refractivity contribution is 5.96. The van der Waals surface area contributed by atoms with E-state index in [9.17, 15) is 9.59 Å². The Labute approximate surface area is 136 Å². The highest BCUT2D eigenvalue weighted by Gasteiger charge is 2.35. The van der Waals surface area contributed by atoms with Crippen LogP contribution in [0.2, 0.25) is 0 Å². The molecule has 6 nitrogen and oxygen atoms in total. The topological polar surface area (TPSA) is 63.1 Å². The summed E-state index contributed by atoms with van der Waals surface area (Å²) in [6, 6.07) is 8.25. The second kappa shape index (κ2) is 7.00. The third-order valence-electron chi connectivity index (χ3n) is 4.60. The van der Waals surface area contributed by atoms with Crippen LogP contribution in [-0.2, 0) is 4.79 Å². The highest BCUT2D eigenvalue weighted by atomic mass is 16.5. The highest BCUT2D eigenvalue weighted by Crippen LogP contribution is 2.22. The molecule has 0 saturated carbocycles. The number of hydrogen-bond acceptors (Lipinski definition) is 3. The van der Waals surface area contributed by atoms with Gasteiger partial charge in [0.1, 0.15) is 11.8 Å². The molecule has 2 aliphatic heterocycles.